The Morgan fingerprint density at radius 2 is 1.75 bits per heavy atom. The van der Waals surface area contributed by atoms with Crippen molar-refractivity contribution in [2.45, 2.75) is 38.1 Å². The molecule has 0 saturated heterocycles. The molecule has 0 aliphatic heterocycles. The van der Waals surface area contributed by atoms with Gasteiger partial charge in [-0.25, -0.2) is 14.4 Å². The number of nitrogens with zero attached hydrogens (tertiary/aromatic N) is 4. The van der Waals surface area contributed by atoms with Crippen molar-refractivity contribution >= 4 is 57.6 Å². The average molecular weight is 471 g/mol. The first-order valence-corrected chi connectivity index (χ1v) is 11.3. The first-order chi connectivity index (χ1) is 15.6. The number of nitrogens with one attached hydrogen (secondary N) is 2. The number of fused-ring (bicyclic) bond motifs is 1. The second-order valence-electron chi connectivity index (χ2n) is 7.86. The van der Waals surface area contributed by atoms with Crippen molar-refractivity contribution in [2.24, 2.45) is 0 Å². The fourth-order valence-electron chi connectivity index (χ4n) is 4.11. The van der Waals surface area contributed by atoms with E-state index in [1.165, 1.54) is 12.5 Å². The lowest BCUT2D eigenvalue weighted by atomic mass is 9.95. The van der Waals surface area contributed by atoms with E-state index in [1.807, 2.05) is 6.07 Å². The van der Waals surface area contributed by atoms with Gasteiger partial charge in [-0.05, 0) is 43.2 Å². The van der Waals surface area contributed by atoms with E-state index in [9.17, 15) is 4.39 Å². The molecule has 2 aromatic carbocycles. The maximum Gasteiger partial charge on any atom is 0.229 e. The van der Waals surface area contributed by atoms with E-state index in [-0.39, 0.29) is 11.9 Å². The van der Waals surface area contributed by atoms with Crippen LogP contribution in [0.2, 0.25) is 10.0 Å². The van der Waals surface area contributed by atoms with E-state index in [1.54, 1.807) is 36.5 Å². The molecule has 32 heavy (non-hydrogen) atoms. The van der Waals surface area contributed by atoms with Gasteiger partial charge in [-0.15, -0.1) is 0 Å². The molecule has 9 heteroatoms. The third-order valence-electron chi connectivity index (χ3n) is 5.67. The Hall–Kier alpha value is -2.90. The number of para-hydroxylation sites is 1. The highest BCUT2D eigenvalue weighted by Crippen LogP contribution is 2.35. The zero-order valence-electron chi connectivity index (χ0n) is 17.2. The lowest BCUT2D eigenvalue weighted by Crippen LogP contribution is -2.16. The Bertz CT molecular complexity index is 1270. The summed E-state index contributed by atoms with van der Waals surface area (Å²) in [5, 5.41) is 7.27. The molecule has 1 aliphatic rings. The van der Waals surface area contributed by atoms with E-state index in [2.05, 4.69) is 20.2 Å². The smallest absolute Gasteiger partial charge is 0.229 e. The summed E-state index contributed by atoms with van der Waals surface area (Å²) in [6.07, 6.45) is 7.23. The molecule has 2 heterocycles. The van der Waals surface area contributed by atoms with Crippen LogP contribution in [-0.4, -0.2) is 19.5 Å². The molecule has 164 valence electrons. The molecule has 2 N–H and O–H groups in total. The van der Waals surface area contributed by atoms with E-state index < -0.39 is 0 Å². The predicted octanol–water partition coefficient (Wildman–Crippen LogP) is 7.26. The minimum atomic E-state index is -0.331. The summed E-state index contributed by atoms with van der Waals surface area (Å²) in [5.41, 5.74) is 2.46. The highest BCUT2D eigenvalue weighted by atomic mass is 35.5. The monoisotopic (exact) mass is 470 g/mol. The summed E-state index contributed by atoms with van der Waals surface area (Å²) in [6.45, 7) is 0. The van der Waals surface area contributed by atoms with E-state index in [0.29, 0.717) is 38.8 Å². The Morgan fingerprint density at radius 3 is 2.53 bits per heavy atom. The minimum absolute atomic E-state index is 0.232. The Balaban J connectivity index is 1.55. The summed E-state index contributed by atoms with van der Waals surface area (Å²) in [4.78, 5) is 13.8. The first kappa shape index (κ1) is 21.0. The van der Waals surface area contributed by atoms with Gasteiger partial charge >= 0.3 is 0 Å². The third kappa shape index (κ3) is 4.23. The molecule has 0 amide bonds. The largest absolute Gasteiger partial charge is 0.324 e. The van der Waals surface area contributed by atoms with Crippen molar-refractivity contribution < 1.29 is 4.39 Å². The first-order valence-electron chi connectivity index (χ1n) is 10.6. The second kappa shape index (κ2) is 8.92. The van der Waals surface area contributed by atoms with Crippen LogP contribution >= 0.6 is 23.2 Å². The normalized spacial score (nSPS) is 14.6. The van der Waals surface area contributed by atoms with Gasteiger partial charge in [0.05, 0.1) is 21.9 Å². The molecule has 0 spiro atoms. The van der Waals surface area contributed by atoms with Crippen LogP contribution in [0.3, 0.4) is 0 Å². The van der Waals surface area contributed by atoms with Crippen LogP contribution in [0.25, 0.3) is 11.2 Å². The van der Waals surface area contributed by atoms with Crippen molar-refractivity contribution in [3.8, 4) is 0 Å². The molecular formula is C23H21Cl2FN6. The molecule has 4 aromatic rings. The van der Waals surface area contributed by atoms with Crippen molar-refractivity contribution in [1.29, 1.82) is 0 Å². The highest BCUT2D eigenvalue weighted by Gasteiger charge is 2.23. The number of benzene rings is 2. The fraction of sp³-hybridized carbons (Fsp3) is 0.261. The summed E-state index contributed by atoms with van der Waals surface area (Å²) in [7, 11) is 0. The number of halogens is 3. The maximum absolute atomic E-state index is 14.3. The summed E-state index contributed by atoms with van der Waals surface area (Å²) in [5.74, 6) is 0.658. The van der Waals surface area contributed by atoms with Crippen LogP contribution in [0.4, 0.5) is 27.7 Å². The van der Waals surface area contributed by atoms with Gasteiger partial charge in [0.15, 0.2) is 5.65 Å². The van der Waals surface area contributed by atoms with Gasteiger partial charge < -0.3 is 10.6 Å². The average Bonchev–Trinajstić information content (AvgIpc) is 3.15. The summed E-state index contributed by atoms with van der Waals surface area (Å²) < 4.78 is 16.4. The molecule has 0 unspecified atom stereocenters. The molecule has 2 aromatic heterocycles. The van der Waals surface area contributed by atoms with Crippen molar-refractivity contribution in [2.75, 3.05) is 10.6 Å². The van der Waals surface area contributed by atoms with Gasteiger partial charge in [-0.2, -0.15) is 4.98 Å². The van der Waals surface area contributed by atoms with Gasteiger partial charge in [-0.3, -0.25) is 4.57 Å². The van der Waals surface area contributed by atoms with Crippen molar-refractivity contribution in [1.82, 2.24) is 19.5 Å². The fourth-order valence-corrected chi connectivity index (χ4v) is 4.41. The van der Waals surface area contributed by atoms with Crippen LogP contribution in [0, 0.1) is 5.82 Å². The molecule has 1 aliphatic carbocycles. The molecule has 6 nitrogen and oxygen atoms in total. The molecule has 5 rings (SSSR count). The van der Waals surface area contributed by atoms with E-state index >= 15 is 0 Å². The predicted molar refractivity (Wildman–Crippen MR) is 127 cm³/mol. The molecule has 1 fully saturated rings. The van der Waals surface area contributed by atoms with Crippen molar-refractivity contribution in [3.05, 3.63) is 64.5 Å². The molecule has 1 saturated carbocycles. The summed E-state index contributed by atoms with van der Waals surface area (Å²) in [6, 6.07) is 12.1. The Morgan fingerprint density at radius 1 is 0.938 bits per heavy atom. The molecular weight excluding hydrogens is 450 g/mol. The number of anilines is 4. The van der Waals surface area contributed by atoms with E-state index in [0.717, 1.165) is 31.4 Å². The molecule has 0 bridgehead atoms. The van der Waals surface area contributed by atoms with Gasteiger partial charge in [0.25, 0.3) is 0 Å². The van der Waals surface area contributed by atoms with Crippen LogP contribution in [0.15, 0.2) is 48.7 Å². The maximum atomic E-state index is 14.3. The Kier molecular flexibility index (Phi) is 5.85. The lowest BCUT2D eigenvalue weighted by Gasteiger charge is -2.25. The van der Waals surface area contributed by atoms with Crippen LogP contribution in [0.1, 0.15) is 38.1 Å². The summed E-state index contributed by atoms with van der Waals surface area (Å²) >= 11 is 12.1. The quantitative estimate of drug-likeness (QED) is 0.321. The van der Waals surface area contributed by atoms with Crippen LogP contribution in [0.5, 0.6) is 0 Å². The standard InChI is InChI=1S/C23H21Cl2FN6/c24-16-11-10-14(12-17(16)25)28-22-27-13-20-21(31-22)32(15-6-2-1-3-7-15)23(30-20)29-19-9-5-4-8-18(19)26/h4-5,8-13,15H,1-3,6-7H2,(H,29,30)(H,27,28,31). The number of rotatable bonds is 5. The topological polar surface area (TPSA) is 67.7 Å². The molecule has 0 atom stereocenters. The van der Waals surface area contributed by atoms with Crippen LogP contribution in [-0.2, 0) is 0 Å². The van der Waals surface area contributed by atoms with Crippen LogP contribution < -0.4 is 10.6 Å². The number of imidazole rings is 1. The van der Waals surface area contributed by atoms with E-state index in [4.69, 9.17) is 33.2 Å². The van der Waals surface area contributed by atoms with Crippen molar-refractivity contribution in [3.63, 3.8) is 0 Å². The zero-order valence-corrected chi connectivity index (χ0v) is 18.7. The zero-order chi connectivity index (χ0) is 22.1. The number of aromatic nitrogens is 4. The third-order valence-corrected chi connectivity index (χ3v) is 6.41. The Labute approximate surface area is 194 Å². The number of hydrogen-bond donors (Lipinski definition) is 2. The minimum Gasteiger partial charge on any atom is -0.324 e. The van der Waals surface area contributed by atoms with Gasteiger partial charge in [-0.1, -0.05) is 54.6 Å². The SMILES string of the molecule is Fc1ccccc1Nc1nc2cnc(Nc3ccc(Cl)c(Cl)c3)nc2n1C1CCCCC1. The number of hydrogen-bond acceptors (Lipinski definition) is 5. The lowest BCUT2D eigenvalue weighted by molar-refractivity contribution is 0.361. The highest BCUT2D eigenvalue weighted by molar-refractivity contribution is 6.42. The van der Waals surface area contributed by atoms with Gasteiger partial charge in [0, 0.05) is 11.7 Å². The second-order valence-corrected chi connectivity index (χ2v) is 8.67. The van der Waals surface area contributed by atoms with Gasteiger partial charge in [0.2, 0.25) is 11.9 Å². The van der Waals surface area contributed by atoms with Gasteiger partial charge in [0.1, 0.15) is 11.3 Å². The molecule has 0 radical (unpaired) electrons.